The Labute approximate surface area is 90.7 Å². The molecule has 2 N–H and O–H groups in total. The first-order valence-electron chi connectivity index (χ1n) is 4.86. The number of hydrogen-bond donors (Lipinski definition) is 1. The summed E-state index contributed by atoms with van der Waals surface area (Å²) in [7, 11) is 2.08. The van der Waals surface area contributed by atoms with Crippen molar-refractivity contribution in [1.29, 1.82) is 0 Å². The molecule has 0 aromatic heterocycles. The van der Waals surface area contributed by atoms with Gasteiger partial charge in [0.15, 0.2) is 0 Å². The standard InChI is InChI=1S/C11H17ClN2/c1-14(8-4-7-13)9-10-5-2-3-6-11(10)12/h2-3,5-6H,4,7-9,13H2,1H3. The summed E-state index contributed by atoms with van der Waals surface area (Å²) in [4.78, 5) is 2.23. The van der Waals surface area contributed by atoms with Crippen LogP contribution in [0.4, 0.5) is 0 Å². The molecule has 0 aliphatic carbocycles. The number of hydrogen-bond acceptors (Lipinski definition) is 2. The fraction of sp³-hybridized carbons (Fsp3) is 0.455. The fourth-order valence-corrected chi connectivity index (χ4v) is 1.55. The van der Waals surface area contributed by atoms with Gasteiger partial charge in [0.1, 0.15) is 0 Å². The molecule has 0 atom stereocenters. The molecule has 0 fully saturated rings. The summed E-state index contributed by atoms with van der Waals surface area (Å²) in [5, 5.41) is 0.840. The fourth-order valence-electron chi connectivity index (χ4n) is 1.36. The maximum atomic E-state index is 6.05. The van der Waals surface area contributed by atoms with Crippen molar-refractivity contribution in [3.05, 3.63) is 34.9 Å². The van der Waals surface area contributed by atoms with Crippen molar-refractivity contribution < 1.29 is 0 Å². The third-order valence-corrected chi connectivity index (χ3v) is 2.51. The van der Waals surface area contributed by atoms with E-state index >= 15 is 0 Å². The first-order valence-corrected chi connectivity index (χ1v) is 5.24. The second-order valence-corrected chi connectivity index (χ2v) is 3.88. The lowest BCUT2D eigenvalue weighted by Crippen LogP contribution is -2.21. The van der Waals surface area contributed by atoms with Gasteiger partial charge in [-0.25, -0.2) is 0 Å². The lowest BCUT2D eigenvalue weighted by atomic mass is 10.2. The highest BCUT2D eigenvalue weighted by Gasteiger charge is 2.02. The average Bonchev–Trinajstić information content (AvgIpc) is 2.18. The van der Waals surface area contributed by atoms with Gasteiger partial charge in [-0.2, -0.15) is 0 Å². The molecule has 3 heteroatoms. The normalized spacial score (nSPS) is 10.9. The van der Waals surface area contributed by atoms with E-state index in [1.54, 1.807) is 0 Å². The van der Waals surface area contributed by atoms with Crippen LogP contribution in [0.1, 0.15) is 12.0 Å². The third-order valence-electron chi connectivity index (χ3n) is 2.14. The Bertz CT molecular complexity index is 276. The summed E-state index contributed by atoms with van der Waals surface area (Å²) < 4.78 is 0. The van der Waals surface area contributed by atoms with Gasteiger partial charge in [0, 0.05) is 11.6 Å². The molecule has 0 bridgehead atoms. The Hall–Kier alpha value is -0.570. The number of halogens is 1. The molecule has 1 aromatic rings. The largest absolute Gasteiger partial charge is 0.330 e. The summed E-state index contributed by atoms with van der Waals surface area (Å²) in [6.07, 6.45) is 1.03. The van der Waals surface area contributed by atoms with E-state index in [2.05, 4.69) is 18.0 Å². The highest BCUT2D eigenvalue weighted by atomic mass is 35.5. The zero-order valence-electron chi connectivity index (χ0n) is 8.54. The van der Waals surface area contributed by atoms with Crippen molar-refractivity contribution in [2.45, 2.75) is 13.0 Å². The predicted molar refractivity (Wildman–Crippen MR) is 61.5 cm³/mol. The van der Waals surface area contributed by atoms with Crippen LogP contribution >= 0.6 is 11.6 Å². The molecule has 0 saturated heterocycles. The van der Waals surface area contributed by atoms with Crippen LogP contribution in [0.5, 0.6) is 0 Å². The van der Waals surface area contributed by atoms with Crippen LogP contribution in [0.2, 0.25) is 5.02 Å². The number of nitrogens with zero attached hydrogens (tertiary/aromatic N) is 1. The van der Waals surface area contributed by atoms with E-state index in [0.717, 1.165) is 31.1 Å². The van der Waals surface area contributed by atoms with E-state index in [4.69, 9.17) is 17.3 Å². The van der Waals surface area contributed by atoms with E-state index in [9.17, 15) is 0 Å². The first kappa shape index (κ1) is 11.5. The van der Waals surface area contributed by atoms with Crippen LogP contribution in [0.15, 0.2) is 24.3 Å². The van der Waals surface area contributed by atoms with Crippen LogP contribution in [0.3, 0.4) is 0 Å². The monoisotopic (exact) mass is 212 g/mol. The van der Waals surface area contributed by atoms with Crippen LogP contribution in [-0.2, 0) is 6.54 Å². The Kier molecular flexibility index (Phi) is 4.94. The van der Waals surface area contributed by atoms with E-state index in [1.165, 1.54) is 5.56 Å². The van der Waals surface area contributed by atoms with Gasteiger partial charge in [0.25, 0.3) is 0 Å². The number of nitrogens with two attached hydrogens (primary N) is 1. The number of rotatable bonds is 5. The van der Waals surface area contributed by atoms with Crippen LogP contribution in [0, 0.1) is 0 Å². The maximum absolute atomic E-state index is 6.05. The zero-order chi connectivity index (χ0) is 10.4. The molecule has 78 valence electrons. The van der Waals surface area contributed by atoms with Crippen molar-refractivity contribution in [3.8, 4) is 0 Å². The third kappa shape index (κ3) is 3.66. The highest BCUT2D eigenvalue weighted by molar-refractivity contribution is 6.31. The molecule has 0 aliphatic rings. The van der Waals surface area contributed by atoms with Gasteiger partial charge in [0.05, 0.1) is 0 Å². The number of benzene rings is 1. The van der Waals surface area contributed by atoms with Gasteiger partial charge < -0.3 is 10.6 Å². The van der Waals surface area contributed by atoms with E-state index in [1.807, 2.05) is 18.2 Å². The minimum Gasteiger partial charge on any atom is -0.330 e. The second kappa shape index (κ2) is 6.02. The lowest BCUT2D eigenvalue weighted by Gasteiger charge is -2.16. The maximum Gasteiger partial charge on any atom is 0.0451 e. The molecule has 14 heavy (non-hydrogen) atoms. The van der Waals surface area contributed by atoms with E-state index in [0.29, 0.717) is 0 Å². The molecule has 0 amide bonds. The Morgan fingerprint density at radius 3 is 2.71 bits per heavy atom. The van der Waals surface area contributed by atoms with Crippen molar-refractivity contribution >= 4 is 11.6 Å². The Morgan fingerprint density at radius 1 is 1.36 bits per heavy atom. The molecule has 1 aromatic carbocycles. The van der Waals surface area contributed by atoms with Gasteiger partial charge in [0.2, 0.25) is 0 Å². The van der Waals surface area contributed by atoms with Crippen LogP contribution in [0.25, 0.3) is 0 Å². The average molecular weight is 213 g/mol. The Morgan fingerprint density at radius 2 is 2.07 bits per heavy atom. The molecule has 0 heterocycles. The highest BCUT2D eigenvalue weighted by Crippen LogP contribution is 2.16. The summed E-state index contributed by atoms with van der Waals surface area (Å²) >= 11 is 6.05. The summed E-state index contributed by atoms with van der Waals surface area (Å²) in [6.45, 7) is 2.65. The second-order valence-electron chi connectivity index (χ2n) is 3.47. The van der Waals surface area contributed by atoms with Gasteiger partial charge in [-0.3, -0.25) is 0 Å². The molecule has 0 aliphatic heterocycles. The predicted octanol–water partition coefficient (Wildman–Crippen LogP) is 2.12. The smallest absolute Gasteiger partial charge is 0.0451 e. The van der Waals surface area contributed by atoms with Crippen LogP contribution < -0.4 is 5.73 Å². The minimum absolute atomic E-state index is 0.743. The van der Waals surface area contributed by atoms with E-state index < -0.39 is 0 Å². The van der Waals surface area contributed by atoms with Gasteiger partial charge in [-0.15, -0.1) is 0 Å². The van der Waals surface area contributed by atoms with Crippen molar-refractivity contribution in [1.82, 2.24) is 4.90 Å². The Balaban J connectivity index is 2.47. The molecule has 0 saturated carbocycles. The molecule has 0 spiro atoms. The van der Waals surface area contributed by atoms with Crippen molar-refractivity contribution in [2.24, 2.45) is 5.73 Å². The van der Waals surface area contributed by atoms with E-state index in [-0.39, 0.29) is 0 Å². The quantitative estimate of drug-likeness (QED) is 0.810. The molecule has 1 rings (SSSR count). The van der Waals surface area contributed by atoms with Gasteiger partial charge >= 0.3 is 0 Å². The minimum atomic E-state index is 0.743. The van der Waals surface area contributed by atoms with Crippen molar-refractivity contribution in [2.75, 3.05) is 20.1 Å². The summed E-state index contributed by atoms with van der Waals surface area (Å²) in [5.74, 6) is 0. The molecule has 0 unspecified atom stereocenters. The topological polar surface area (TPSA) is 29.3 Å². The van der Waals surface area contributed by atoms with Crippen molar-refractivity contribution in [3.63, 3.8) is 0 Å². The summed E-state index contributed by atoms with van der Waals surface area (Å²) in [6, 6.07) is 7.94. The molecule has 2 nitrogen and oxygen atoms in total. The van der Waals surface area contributed by atoms with Crippen LogP contribution in [-0.4, -0.2) is 25.0 Å². The summed E-state index contributed by atoms with van der Waals surface area (Å²) in [5.41, 5.74) is 6.62. The molecular weight excluding hydrogens is 196 g/mol. The zero-order valence-corrected chi connectivity index (χ0v) is 9.30. The first-order chi connectivity index (χ1) is 6.74. The lowest BCUT2D eigenvalue weighted by molar-refractivity contribution is 0.324. The van der Waals surface area contributed by atoms with Gasteiger partial charge in [-0.1, -0.05) is 29.8 Å². The SMILES string of the molecule is CN(CCCN)Cc1ccccc1Cl. The molecule has 0 radical (unpaired) electrons. The molecular formula is C11H17ClN2. The van der Waals surface area contributed by atoms with Gasteiger partial charge in [-0.05, 0) is 38.2 Å².